The first-order chi connectivity index (χ1) is 14.1. The Balaban J connectivity index is 2.44. The molecule has 5 heteroatoms. The number of Topliss-reactive ketones (excluding diaryl/α,β-unsaturated/α-hetero) is 1. The van der Waals surface area contributed by atoms with Gasteiger partial charge in [0.2, 0.25) is 0 Å². The van der Waals surface area contributed by atoms with Gasteiger partial charge in [0.25, 0.3) is 0 Å². The Hall–Kier alpha value is -3.05. The molecule has 0 aromatic heterocycles. The molecule has 0 radical (unpaired) electrons. The summed E-state index contributed by atoms with van der Waals surface area (Å²) in [6.45, 7) is 7.70. The van der Waals surface area contributed by atoms with Gasteiger partial charge in [-0.3, -0.25) is 4.79 Å². The number of allylic oxidation sites excluding steroid dienone is 4. The molecule has 1 atom stereocenters. The van der Waals surface area contributed by atoms with Crippen molar-refractivity contribution in [2.24, 2.45) is 0 Å². The number of rotatable bonds is 8. The van der Waals surface area contributed by atoms with E-state index in [1.54, 1.807) is 12.1 Å². The summed E-state index contributed by atoms with van der Waals surface area (Å²) in [6.07, 6.45) is 3.16. The normalized spacial score (nSPS) is 11.6. The number of phenols is 3. The number of aromatic hydroxyl groups is 3. The zero-order chi connectivity index (χ0) is 22.4. The Morgan fingerprint density at radius 1 is 0.900 bits per heavy atom. The summed E-state index contributed by atoms with van der Waals surface area (Å²) >= 11 is 0. The summed E-state index contributed by atoms with van der Waals surface area (Å²) in [5.74, 6) is -0.853. The molecule has 2 aromatic carbocycles. The monoisotopic (exact) mass is 410 g/mol. The van der Waals surface area contributed by atoms with E-state index in [2.05, 4.69) is 0 Å². The maximum atomic E-state index is 13.0. The summed E-state index contributed by atoms with van der Waals surface area (Å²) in [6, 6.07) is 7.68. The van der Waals surface area contributed by atoms with Crippen LogP contribution in [0.25, 0.3) is 0 Å². The topological polar surface area (TPSA) is 98.0 Å². The first-order valence-corrected chi connectivity index (χ1v) is 9.93. The lowest BCUT2D eigenvalue weighted by molar-refractivity contribution is 0.0744. The summed E-state index contributed by atoms with van der Waals surface area (Å²) in [5.41, 5.74) is 3.55. The van der Waals surface area contributed by atoms with Crippen LogP contribution in [0, 0.1) is 0 Å². The van der Waals surface area contributed by atoms with Gasteiger partial charge in [-0.25, -0.2) is 0 Å². The average Bonchev–Trinajstić information content (AvgIpc) is 2.68. The van der Waals surface area contributed by atoms with Crippen LogP contribution >= 0.6 is 0 Å². The van der Waals surface area contributed by atoms with E-state index in [1.165, 1.54) is 18.2 Å². The fourth-order valence-electron chi connectivity index (χ4n) is 3.06. The van der Waals surface area contributed by atoms with Gasteiger partial charge in [0.05, 0.1) is 5.56 Å². The van der Waals surface area contributed by atoms with E-state index in [0.717, 1.165) is 11.1 Å². The van der Waals surface area contributed by atoms with Crippen molar-refractivity contribution < 1.29 is 25.2 Å². The number of hydrogen-bond donors (Lipinski definition) is 4. The minimum absolute atomic E-state index is 0.00612. The van der Waals surface area contributed by atoms with Crippen LogP contribution in [0.1, 0.15) is 54.7 Å². The SMILES string of the molecule is CC(C)=CCc1cc(C(=O)[C@@H](O)Cc2ccc(O)cc2)c(O)c(CC=C(C)C)c1O. The van der Waals surface area contributed by atoms with Gasteiger partial charge in [0, 0.05) is 12.0 Å². The van der Waals surface area contributed by atoms with Gasteiger partial charge in [-0.2, -0.15) is 0 Å². The molecule has 30 heavy (non-hydrogen) atoms. The fraction of sp³-hybridized carbons (Fsp3) is 0.320. The highest BCUT2D eigenvalue weighted by atomic mass is 16.3. The standard InChI is InChI=1S/C25H30O5/c1-15(2)5-9-18-14-21(24(29)20(23(18)28)12-6-16(3)4)25(30)22(27)13-17-7-10-19(26)11-8-17/h5-8,10-11,14,22,26-29H,9,12-13H2,1-4H3/t22-/m0/s1. The molecular formula is C25H30O5. The Labute approximate surface area is 177 Å². The van der Waals surface area contributed by atoms with Crippen LogP contribution in [0.15, 0.2) is 53.6 Å². The van der Waals surface area contributed by atoms with Gasteiger partial charge in [-0.15, -0.1) is 0 Å². The number of hydrogen-bond acceptors (Lipinski definition) is 5. The Bertz CT molecular complexity index is 960. The maximum Gasteiger partial charge on any atom is 0.195 e. The molecule has 0 saturated heterocycles. The van der Waals surface area contributed by atoms with Crippen LogP contribution in [0.5, 0.6) is 17.2 Å². The van der Waals surface area contributed by atoms with E-state index in [4.69, 9.17) is 0 Å². The Morgan fingerprint density at radius 2 is 1.47 bits per heavy atom. The van der Waals surface area contributed by atoms with E-state index < -0.39 is 11.9 Å². The second-order valence-corrected chi connectivity index (χ2v) is 7.98. The third kappa shape index (κ3) is 5.97. The first-order valence-electron chi connectivity index (χ1n) is 9.93. The van der Waals surface area contributed by atoms with Gasteiger partial charge >= 0.3 is 0 Å². The van der Waals surface area contributed by atoms with Crippen molar-refractivity contribution in [1.29, 1.82) is 0 Å². The van der Waals surface area contributed by atoms with Crippen molar-refractivity contribution in [3.05, 3.63) is 75.9 Å². The zero-order valence-electron chi connectivity index (χ0n) is 17.9. The largest absolute Gasteiger partial charge is 0.508 e. The highest BCUT2D eigenvalue weighted by molar-refractivity contribution is 6.02. The molecule has 2 aromatic rings. The maximum absolute atomic E-state index is 13.0. The number of benzene rings is 2. The molecule has 160 valence electrons. The Morgan fingerprint density at radius 3 is 2.03 bits per heavy atom. The van der Waals surface area contributed by atoms with Crippen molar-refractivity contribution in [2.45, 2.75) is 53.1 Å². The molecule has 4 N–H and O–H groups in total. The van der Waals surface area contributed by atoms with Crippen LogP contribution in [-0.4, -0.2) is 32.3 Å². The van der Waals surface area contributed by atoms with Crippen LogP contribution in [0.3, 0.4) is 0 Å². The van der Waals surface area contributed by atoms with Gasteiger partial charge in [0.1, 0.15) is 23.4 Å². The lowest BCUT2D eigenvalue weighted by Crippen LogP contribution is -2.23. The molecule has 0 amide bonds. The van der Waals surface area contributed by atoms with Crippen molar-refractivity contribution >= 4 is 5.78 Å². The van der Waals surface area contributed by atoms with Gasteiger partial charge in [-0.05, 0) is 69.9 Å². The second kappa shape index (κ2) is 10.1. The summed E-state index contributed by atoms with van der Waals surface area (Å²) in [7, 11) is 0. The fourth-order valence-corrected chi connectivity index (χ4v) is 3.06. The highest BCUT2D eigenvalue weighted by Crippen LogP contribution is 2.36. The van der Waals surface area contributed by atoms with Crippen LogP contribution in [0.4, 0.5) is 0 Å². The predicted molar refractivity (Wildman–Crippen MR) is 118 cm³/mol. The molecule has 5 nitrogen and oxygen atoms in total. The number of aliphatic hydroxyl groups is 1. The quantitative estimate of drug-likeness (QED) is 0.376. The van der Waals surface area contributed by atoms with E-state index >= 15 is 0 Å². The lowest BCUT2D eigenvalue weighted by atomic mass is 9.92. The minimum Gasteiger partial charge on any atom is -0.508 e. The molecule has 0 aliphatic heterocycles. The molecule has 0 bridgehead atoms. The van der Waals surface area contributed by atoms with E-state index in [1.807, 2.05) is 39.8 Å². The van der Waals surface area contributed by atoms with Crippen molar-refractivity contribution in [3.8, 4) is 17.2 Å². The molecule has 0 aliphatic carbocycles. The van der Waals surface area contributed by atoms with Crippen molar-refractivity contribution in [1.82, 2.24) is 0 Å². The zero-order valence-corrected chi connectivity index (χ0v) is 17.9. The number of aliphatic hydroxyl groups excluding tert-OH is 1. The van der Waals surface area contributed by atoms with Gasteiger partial charge in [-0.1, -0.05) is 35.4 Å². The molecule has 0 aliphatic rings. The third-order valence-electron chi connectivity index (χ3n) is 4.83. The smallest absolute Gasteiger partial charge is 0.195 e. The number of carbonyl (C=O) groups is 1. The summed E-state index contributed by atoms with van der Waals surface area (Å²) < 4.78 is 0. The van der Waals surface area contributed by atoms with Crippen LogP contribution in [-0.2, 0) is 19.3 Å². The predicted octanol–water partition coefficient (Wildman–Crippen LogP) is 4.61. The number of carbonyl (C=O) groups excluding carboxylic acids is 1. The van der Waals surface area contributed by atoms with E-state index in [-0.39, 0.29) is 41.2 Å². The molecule has 0 heterocycles. The highest BCUT2D eigenvalue weighted by Gasteiger charge is 2.25. The molecule has 0 spiro atoms. The van der Waals surface area contributed by atoms with Gasteiger partial charge in [0.15, 0.2) is 5.78 Å². The third-order valence-corrected chi connectivity index (χ3v) is 4.83. The van der Waals surface area contributed by atoms with E-state index in [0.29, 0.717) is 17.5 Å². The number of ketones is 1. The minimum atomic E-state index is -1.36. The lowest BCUT2D eigenvalue weighted by Gasteiger charge is -2.17. The molecule has 0 saturated carbocycles. The first kappa shape index (κ1) is 23.2. The second-order valence-electron chi connectivity index (χ2n) is 7.98. The molecule has 0 fully saturated rings. The van der Waals surface area contributed by atoms with Crippen molar-refractivity contribution in [2.75, 3.05) is 0 Å². The van der Waals surface area contributed by atoms with Crippen LogP contribution in [0.2, 0.25) is 0 Å². The molecular weight excluding hydrogens is 380 g/mol. The number of phenolic OH excluding ortho intramolecular Hbond substituents is 3. The summed E-state index contributed by atoms with van der Waals surface area (Å²) in [4.78, 5) is 13.0. The average molecular weight is 411 g/mol. The summed E-state index contributed by atoms with van der Waals surface area (Å²) in [5, 5.41) is 41.3. The van der Waals surface area contributed by atoms with Crippen molar-refractivity contribution in [3.63, 3.8) is 0 Å². The molecule has 2 rings (SSSR count). The Kier molecular flexibility index (Phi) is 7.84. The van der Waals surface area contributed by atoms with E-state index in [9.17, 15) is 25.2 Å². The van der Waals surface area contributed by atoms with Gasteiger partial charge < -0.3 is 20.4 Å². The van der Waals surface area contributed by atoms with Crippen LogP contribution < -0.4 is 0 Å². The molecule has 0 unspecified atom stereocenters.